The molecule has 0 amide bonds. The van der Waals surface area contributed by atoms with Crippen molar-refractivity contribution in [2.75, 3.05) is 11.9 Å². The van der Waals surface area contributed by atoms with Crippen molar-refractivity contribution in [3.05, 3.63) is 52.0 Å². The highest BCUT2D eigenvalue weighted by Gasteiger charge is 2.10. The van der Waals surface area contributed by atoms with E-state index in [2.05, 4.69) is 5.32 Å². The van der Waals surface area contributed by atoms with Crippen LogP contribution in [-0.4, -0.2) is 6.54 Å². The van der Waals surface area contributed by atoms with Crippen LogP contribution in [-0.2, 0) is 6.42 Å². The first-order valence-electron chi connectivity index (χ1n) is 5.06. The number of hydrogen-bond donors (Lipinski definition) is 1. The van der Waals surface area contributed by atoms with Gasteiger partial charge in [0.25, 0.3) is 0 Å². The largest absolute Gasteiger partial charge is 0.382 e. The summed E-state index contributed by atoms with van der Waals surface area (Å²) >= 11 is 1.57. The fourth-order valence-corrected chi connectivity index (χ4v) is 2.16. The fourth-order valence-electron chi connectivity index (χ4n) is 1.46. The smallest absolute Gasteiger partial charge is 0.182 e. The van der Waals surface area contributed by atoms with Gasteiger partial charge in [-0.1, -0.05) is 0 Å². The number of anilines is 1. The van der Waals surface area contributed by atoms with E-state index >= 15 is 0 Å². The first kappa shape index (κ1) is 12.0. The van der Waals surface area contributed by atoms with E-state index in [0.29, 0.717) is 19.0 Å². The van der Waals surface area contributed by atoms with E-state index in [1.165, 1.54) is 0 Å². The highest BCUT2D eigenvalue weighted by molar-refractivity contribution is 7.07. The summed E-state index contributed by atoms with van der Waals surface area (Å²) in [4.78, 5) is 0. The summed E-state index contributed by atoms with van der Waals surface area (Å²) < 4.78 is 39.0. The average Bonchev–Trinajstić information content (AvgIpc) is 2.78. The van der Waals surface area contributed by atoms with Crippen molar-refractivity contribution in [2.24, 2.45) is 0 Å². The van der Waals surface area contributed by atoms with Crippen molar-refractivity contribution in [2.45, 2.75) is 6.42 Å². The Morgan fingerprint density at radius 1 is 1.18 bits per heavy atom. The molecule has 2 rings (SSSR count). The lowest BCUT2D eigenvalue weighted by molar-refractivity contribution is 0.497. The molecule has 1 aromatic heterocycles. The molecule has 1 aromatic carbocycles. The lowest BCUT2D eigenvalue weighted by atomic mass is 10.2. The van der Waals surface area contributed by atoms with Crippen molar-refractivity contribution >= 4 is 17.0 Å². The molecule has 0 saturated carbocycles. The number of thiophene rings is 1. The van der Waals surface area contributed by atoms with Crippen molar-refractivity contribution < 1.29 is 13.2 Å². The molecule has 1 N–H and O–H groups in total. The second-order valence-electron chi connectivity index (χ2n) is 3.56. The maximum Gasteiger partial charge on any atom is 0.182 e. The number of halogens is 3. The Kier molecular flexibility index (Phi) is 3.68. The van der Waals surface area contributed by atoms with Crippen LogP contribution in [0.4, 0.5) is 18.9 Å². The van der Waals surface area contributed by atoms with Crippen molar-refractivity contribution in [1.29, 1.82) is 0 Å². The minimum atomic E-state index is -1.18. The number of hydrogen-bond acceptors (Lipinski definition) is 2. The maximum atomic E-state index is 13.2. The Morgan fingerprint density at radius 3 is 2.71 bits per heavy atom. The minimum absolute atomic E-state index is 0.141. The van der Waals surface area contributed by atoms with E-state index in [9.17, 15) is 13.2 Å². The molecule has 0 aliphatic rings. The number of nitrogens with one attached hydrogen (secondary N) is 1. The van der Waals surface area contributed by atoms with Crippen LogP contribution in [0.1, 0.15) is 5.56 Å². The summed E-state index contributed by atoms with van der Waals surface area (Å²) in [7, 11) is 0. The Labute approximate surface area is 101 Å². The van der Waals surface area contributed by atoms with Crippen molar-refractivity contribution in [1.82, 2.24) is 0 Å². The summed E-state index contributed by atoms with van der Waals surface area (Å²) in [5, 5.41) is 6.60. The van der Waals surface area contributed by atoms with Gasteiger partial charge < -0.3 is 5.32 Å². The zero-order chi connectivity index (χ0) is 12.3. The molecule has 0 bridgehead atoms. The van der Waals surface area contributed by atoms with Gasteiger partial charge in [0.05, 0.1) is 5.69 Å². The molecule has 17 heavy (non-hydrogen) atoms. The standard InChI is InChI=1S/C12H10F3NS/c13-9-5-10(14)12(15)11(6-9)16-3-1-8-2-4-17-7-8/h2,4-7,16H,1,3H2. The molecule has 0 spiro atoms. The number of rotatable bonds is 4. The van der Waals surface area contributed by atoms with Gasteiger partial charge >= 0.3 is 0 Å². The van der Waals surface area contributed by atoms with Crippen LogP contribution in [0.3, 0.4) is 0 Å². The lowest BCUT2D eigenvalue weighted by Gasteiger charge is -2.07. The highest BCUT2D eigenvalue weighted by atomic mass is 32.1. The first-order chi connectivity index (χ1) is 8.16. The molecular weight excluding hydrogens is 247 g/mol. The van der Waals surface area contributed by atoms with Crippen LogP contribution >= 0.6 is 11.3 Å². The number of benzene rings is 1. The minimum Gasteiger partial charge on any atom is -0.382 e. The molecule has 5 heteroatoms. The van der Waals surface area contributed by atoms with Gasteiger partial charge in [-0.15, -0.1) is 0 Å². The third-order valence-electron chi connectivity index (χ3n) is 2.30. The summed E-state index contributed by atoms with van der Waals surface area (Å²) in [6.45, 7) is 0.427. The van der Waals surface area contributed by atoms with E-state index in [-0.39, 0.29) is 5.69 Å². The van der Waals surface area contributed by atoms with Gasteiger partial charge in [-0.25, -0.2) is 13.2 Å². The first-order valence-corrected chi connectivity index (χ1v) is 6.00. The molecule has 0 unspecified atom stereocenters. The van der Waals surface area contributed by atoms with Gasteiger partial charge in [-0.3, -0.25) is 0 Å². The van der Waals surface area contributed by atoms with E-state index in [0.717, 1.165) is 11.6 Å². The van der Waals surface area contributed by atoms with Gasteiger partial charge in [0.2, 0.25) is 0 Å². The normalized spacial score (nSPS) is 10.5. The Bertz CT molecular complexity index is 497. The summed E-state index contributed by atoms with van der Waals surface area (Å²) in [6, 6.07) is 3.43. The summed E-state index contributed by atoms with van der Waals surface area (Å²) in [5.74, 6) is -3.01. The molecule has 0 radical (unpaired) electrons. The third-order valence-corrected chi connectivity index (χ3v) is 3.03. The van der Waals surface area contributed by atoms with Crippen LogP contribution in [0.2, 0.25) is 0 Å². The molecule has 0 fully saturated rings. The predicted molar refractivity (Wildman–Crippen MR) is 62.8 cm³/mol. The molecule has 0 aliphatic heterocycles. The van der Waals surface area contributed by atoms with Gasteiger partial charge in [-0.05, 0) is 28.8 Å². The van der Waals surface area contributed by atoms with E-state index in [1.807, 2.05) is 16.8 Å². The zero-order valence-electron chi connectivity index (χ0n) is 8.84. The molecule has 0 aliphatic carbocycles. The zero-order valence-corrected chi connectivity index (χ0v) is 9.66. The molecule has 0 saturated heterocycles. The van der Waals surface area contributed by atoms with Gasteiger partial charge in [0, 0.05) is 18.7 Å². The van der Waals surface area contributed by atoms with Crippen LogP contribution in [0.5, 0.6) is 0 Å². The third kappa shape index (κ3) is 3.00. The quantitative estimate of drug-likeness (QED) is 0.821. The maximum absolute atomic E-state index is 13.2. The van der Waals surface area contributed by atoms with Crippen LogP contribution in [0.15, 0.2) is 29.0 Å². The molecule has 1 nitrogen and oxygen atoms in total. The van der Waals surface area contributed by atoms with E-state index in [4.69, 9.17) is 0 Å². The highest BCUT2D eigenvalue weighted by Crippen LogP contribution is 2.19. The van der Waals surface area contributed by atoms with Crippen molar-refractivity contribution in [3.8, 4) is 0 Å². The van der Waals surface area contributed by atoms with Gasteiger partial charge in [0.15, 0.2) is 11.6 Å². The predicted octanol–water partition coefficient (Wildman–Crippen LogP) is 3.82. The topological polar surface area (TPSA) is 12.0 Å². The molecule has 90 valence electrons. The van der Waals surface area contributed by atoms with Gasteiger partial charge in [0.1, 0.15) is 5.82 Å². The SMILES string of the molecule is Fc1cc(F)c(F)c(NCCc2ccsc2)c1. The Hall–Kier alpha value is -1.49. The second-order valence-corrected chi connectivity index (χ2v) is 4.34. The van der Waals surface area contributed by atoms with Gasteiger partial charge in [-0.2, -0.15) is 11.3 Å². The molecule has 0 atom stereocenters. The van der Waals surface area contributed by atoms with Crippen LogP contribution < -0.4 is 5.32 Å². The van der Waals surface area contributed by atoms with E-state index < -0.39 is 17.5 Å². The molecule has 2 aromatic rings. The fraction of sp³-hybridized carbons (Fsp3) is 0.167. The second kappa shape index (κ2) is 5.23. The Balaban J connectivity index is 1.99. The average molecular weight is 257 g/mol. The summed E-state index contributed by atoms with van der Waals surface area (Å²) in [5.41, 5.74) is 0.970. The van der Waals surface area contributed by atoms with Crippen LogP contribution in [0.25, 0.3) is 0 Å². The summed E-state index contributed by atoms with van der Waals surface area (Å²) in [6.07, 6.45) is 0.682. The van der Waals surface area contributed by atoms with Crippen molar-refractivity contribution in [3.63, 3.8) is 0 Å². The Morgan fingerprint density at radius 2 is 2.00 bits per heavy atom. The molecule has 1 heterocycles. The van der Waals surface area contributed by atoms with Crippen LogP contribution in [0, 0.1) is 17.5 Å². The molecular formula is C12H10F3NS. The van der Waals surface area contributed by atoms with E-state index in [1.54, 1.807) is 11.3 Å². The monoisotopic (exact) mass is 257 g/mol. The lowest BCUT2D eigenvalue weighted by Crippen LogP contribution is -2.07.